The lowest BCUT2D eigenvalue weighted by Crippen LogP contribution is -2.48. The number of nitro groups is 1. The molecular weight excluding hydrogens is 260 g/mol. The van der Waals surface area contributed by atoms with E-state index in [0.717, 1.165) is 5.69 Å². The Morgan fingerprint density at radius 3 is 2.35 bits per heavy atom. The monoisotopic (exact) mass is 274 g/mol. The van der Waals surface area contributed by atoms with Gasteiger partial charge in [0.2, 0.25) is 5.91 Å². The van der Waals surface area contributed by atoms with Crippen molar-refractivity contribution in [1.29, 1.82) is 5.26 Å². The molecule has 0 radical (unpaired) electrons. The zero-order valence-corrected chi connectivity index (χ0v) is 10.9. The van der Waals surface area contributed by atoms with Crippen LogP contribution in [0.4, 0.5) is 11.4 Å². The van der Waals surface area contributed by atoms with Gasteiger partial charge in [0.25, 0.3) is 5.69 Å². The van der Waals surface area contributed by atoms with Crippen LogP contribution in [0.5, 0.6) is 0 Å². The van der Waals surface area contributed by atoms with Crippen molar-refractivity contribution in [2.45, 2.75) is 6.42 Å². The van der Waals surface area contributed by atoms with Gasteiger partial charge in [0.15, 0.2) is 0 Å². The standard InChI is InChI=1S/C13H14N4O3/c14-6-5-13(18)16-9-7-15(8-10-16)11-1-3-12(4-2-11)17(19)20/h1-4H,5,7-10H2. The number of piperazine rings is 1. The van der Waals surface area contributed by atoms with Gasteiger partial charge in [0.1, 0.15) is 6.42 Å². The number of hydrogen-bond acceptors (Lipinski definition) is 5. The molecule has 104 valence electrons. The number of nitro benzene ring substituents is 1. The van der Waals surface area contributed by atoms with Crippen molar-refractivity contribution in [3.05, 3.63) is 34.4 Å². The Bertz CT molecular complexity index is 542. The summed E-state index contributed by atoms with van der Waals surface area (Å²) in [5, 5.41) is 19.1. The highest BCUT2D eigenvalue weighted by molar-refractivity contribution is 5.78. The van der Waals surface area contributed by atoms with Gasteiger partial charge in [-0.25, -0.2) is 0 Å². The molecule has 2 rings (SSSR count). The van der Waals surface area contributed by atoms with Crippen molar-refractivity contribution in [2.75, 3.05) is 31.1 Å². The number of non-ortho nitro benzene ring substituents is 1. The quantitative estimate of drug-likeness (QED) is 0.609. The summed E-state index contributed by atoms with van der Waals surface area (Å²) < 4.78 is 0. The van der Waals surface area contributed by atoms with Crippen LogP contribution in [-0.4, -0.2) is 41.9 Å². The number of hydrogen-bond donors (Lipinski definition) is 0. The van der Waals surface area contributed by atoms with Gasteiger partial charge in [-0.15, -0.1) is 0 Å². The van der Waals surface area contributed by atoms with Crippen LogP contribution < -0.4 is 4.90 Å². The van der Waals surface area contributed by atoms with Crippen LogP contribution in [0.3, 0.4) is 0 Å². The second kappa shape index (κ2) is 6.02. The Hall–Kier alpha value is -2.62. The number of anilines is 1. The van der Waals surface area contributed by atoms with Crippen LogP contribution >= 0.6 is 0 Å². The molecule has 0 spiro atoms. The average Bonchev–Trinajstić information content (AvgIpc) is 2.48. The first kappa shape index (κ1) is 13.8. The van der Waals surface area contributed by atoms with Gasteiger partial charge < -0.3 is 9.80 Å². The van der Waals surface area contributed by atoms with Gasteiger partial charge in [-0.2, -0.15) is 5.26 Å². The molecule has 1 aromatic rings. The van der Waals surface area contributed by atoms with Crippen molar-refractivity contribution < 1.29 is 9.72 Å². The molecule has 7 nitrogen and oxygen atoms in total. The fourth-order valence-electron chi connectivity index (χ4n) is 2.18. The first-order valence-corrected chi connectivity index (χ1v) is 6.26. The SMILES string of the molecule is N#CCC(=O)N1CCN(c2ccc([N+](=O)[O-])cc2)CC1. The number of amides is 1. The molecule has 0 atom stereocenters. The summed E-state index contributed by atoms with van der Waals surface area (Å²) in [6, 6.07) is 8.23. The summed E-state index contributed by atoms with van der Waals surface area (Å²) in [6.07, 6.45) is -0.0858. The topological polar surface area (TPSA) is 90.5 Å². The summed E-state index contributed by atoms with van der Waals surface area (Å²) in [4.78, 5) is 25.5. The molecule has 0 N–H and O–H groups in total. The van der Waals surface area contributed by atoms with Crippen molar-refractivity contribution >= 4 is 17.3 Å². The van der Waals surface area contributed by atoms with Gasteiger partial charge in [-0.1, -0.05) is 0 Å². The van der Waals surface area contributed by atoms with Crippen molar-refractivity contribution in [3.63, 3.8) is 0 Å². The normalized spacial score (nSPS) is 14.8. The number of nitriles is 1. The molecule has 0 unspecified atom stereocenters. The van der Waals surface area contributed by atoms with Crippen LogP contribution in [0.15, 0.2) is 24.3 Å². The number of carbonyl (C=O) groups is 1. The van der Waals surface area contributed by atoms with E-state index in [2.05, 4.69) is 4.90 Å². The highest BCUT2D eigenvalue weighted by Gasteiger charge is 2.21. The van der Waals surface area contributed by atoms with Crippen molar-refractivity contribution in [2.24, 2.45) is 0 Å². The van der Waals surface area contributed by atoms with E-state index >= 15 is 0 Å². The number of carbonyl (C=O) groups excluding carboxylic acids is 1. The molecule has 1 heterocycles. The predicted octanol–water partition coefficient (Wildman–Crippen LogP) is 1.16. The summed E-state index contributed by atoms with van der Waals surface area (Å²) in [7, 11) is 0. The van der Waals surface area contributed by atoms with Crippen molar-refractivity contribution in [1.82, 2.24) is 4.90 Å². The lowest BCUT2D eigenvalue weighted by molar-refractivity contribution is -0.384. The van der Waals surface area contributed by atoms with Gasteiger partial charge >= 0.3 is 0 Å². The molecule has 1 amide bonds. The van der Waals surface area contributed by atoms with Crippen LogP contribution in [-0.2, 0) is 4.79 Å². The van der Waals surface area contributed by atoms with Crippen LogP contribution in [0, 0.1) is 21.4 Å². The maximum atomic E-state index is 11.6. The van der Waals surface area contributed by atoms with E-state index in [1.54, 1.807) is 17.0 Å². The number of nitrogens with zero attached hydrogens (tertiary/aromatic N) is 4. The zero-order chi connectivity index (χ0) is 14.5. The largest absolute Gasteiger partial charge is 0.368 e. The summed E-state index contributed by atoms with van der Waals surface area (Å²) in [5.74, 6) is -0.143. The van der Waals surface area contributed by atoms with Gasteiger partial charge in [0.05, 0.1) is 11.0 Å². The Labute approximate surface area is 116 Å². The van der Waals surface area contributed by atoms with Gasteiger partial charge in [-0.05, 0) is 12.1 Å². The molecule has 1 aliphatic rings. The van der Waals surface area contributed by atoms with E-state index in [0.29, 0.717) is 26.2 Å². The predicted molar refractivity (Wildman–Crippen MR) is 72.1 cm³/mol. The highest BCUT2D eigenvalue weighted by Crippen LogP contribution is 2.20. The molecule has 0 bridgehead atoms. The molecule has 0 saturated carbocycles. The summed E-state index contributed by atoms with van der Waals surface area (Å²) >= 11 is 0. The second-order valence-corrected chi connectivity index (χ2v) is 4.48. The lowest BCUT2D eigenvalue weighted by atomic mass is 10.2. The Morgan fingerprint density at radius 2 is 1.85 bits per heavy atom. The van der Waals surface area contributed by atoms with E-state index in [-0.39, 0.29) is 18.0 Å². The van der Waals surface area contributed by atoms with E-state index < -0.39 is 4.92 Å². The maximum absolute atomic E-state index is 11.6. The molecule has 0 aromatic heterocycles. The van der Waals surface area contributed by atoms with E-state index in [9.17, 15) is 14.9 Å². The minimum absolute atomic E-state index is 0.0663. The number of benzene rings is 1. The molecule has 0 aliphatic carbocycles. The summed E-state index contributed by atoms with van der Waals surface area (Å²) in [5.41, 5.74) is 0.972. The molecule has 1 saturated heterocycles. The molecule has 7 heteroatoms. The lowest BCUT2D eigenvalue weighted by Gasteiger charge is -2.35. The average molecular weight is 274 g/mol. The van der Waals surface area contributed by atoms with E-state index in [1.165, 1.54) is 12.1 Å². The third kappa shape index (κ3) is 3.03. The van der Waals surface area contributed by atoms with Crippen LogP contribution in [0.25, 0.3) is 0 Å². The Balaban J connectivity index is 1.95. The Morgan fingerprint density at radius 1 is 1.25 bits per heavy atom. The molecule has 1 aromatic carbocycles. The van der Waals surface area contributed by atoms with Crippen LogP contribution in [0.2, 0.25) is 0 Å². The maximum Gasteiger partial charge on any atom is 0.269 e. The van der Waals surface area contributed by atoms with Crippen molar-refractivity contribution in [3.8, 4) is 6.07 Å². The molecule has 1 fully saturated rings. The minimum atomic E-state index is -0.428. The third-order valence-corrected chi connectivity index (χ3v) is 3.29. The molecular formula is C13H14N4O3. The van der Waals surface area contributed by atoms with Gasteiger partial charge in [0, 0.05) is 44.0 Å². The van der Waals surface area contributed by atoms with Crippen LogP contribution in [0.1, 0.15) is 6.42 Å². The zero-order valence-electron chi connectivity index (χ0n) is 10.9. The smallest absolute Gasteiger partial charge is 0.269 e. The number of rotatable bonds is 3. The summed E-state index contributed by atoms with van der Waals surface area (Å²) in [6.45, 7) is 2.46. The van der Waals surface area contributed by atoms with E-state index in [1.807, 2.05) is 6.07 Å². The highest BCUT2D eigenvalue weighted by atomic mass is 16.6. The van der Waals surface area contributed by atoms with Gasteiger partial charge in [-0.3, -0.25) is 14.9 Å². The first-order valence-electron chi connectivity index (χ1n) is 6.26. The minimum Gasteiger partial charge on any atom is -0.368 e. The molecule has 1 aliphatic heterocycles. The van der Waals surface area contributed by atoms with E-state index in [4.69, 9.17) is 5.26 Å². The molecule has 20 heavy (non-hydrogen) atoms. The third-order valence-electron chi connectivity index (χ3n) is 3.29. The first-order chi connectivity index (χ1) is 9.61. The second-order valence-electron chi connectivity index (χ2n) is 4.48. The fourth-order valence-corrected chi connectivity index (χ4v) is 2.18. The fraction of sp³-hybridized carbons (Fsp3) is 0.385. The Kier molecular flexibility index (Phi) is 4.15.